The molecule has 0 bridgehead atoms. The van der Waals surface area contributed by atoms with E-state index in [2.05, 4.69) is 19.2 Å². The molecule has 14 heteroatoms. The standard InChI is InChI=1S/C19H11ClF5N5O2S/c1-29(16-14-11(32-18(21)22)5-2-6-12(14)33-28-16)17(31)10-8-13(19(23,24)25)27-30(10)15-9(20)4-3-7-26-15/h2-8,18H,1H3. The van der Waals surface area contributed by atoms with E-state index in [0.29, 0.717) is 15.4 Å². The van der Waals surface area contributed by atoms with Crippen LogP contribution in [0.3, 0.4) is 0 Å². The summed E-state index contributed by atoms with van der Waals surface area (Å²) in [6.45, 7) is -3.13. The first-order valence-electron chi connectivity index (χ1n) is 8.97. The Kier molecular flexibility index (Phi) is 5.93. The smallest absolute Gasteiger partial charge is 0.434 e. The summed E-state index contributed by atoms with van der Waals surface area (Å²) in [5.74, 6) is -1.47. The van der Waals surface area contributed by atoms with E-state index < -0.39 is 30.1 Å². The maximum absolute atomic E-state index is 13.4. The fourth-order valence-corrected chi connectivity index (χ4v) is 4.03. The molecule has 3 heterocycles. The molecule has 0 unspecified atom stereocenters. The molecule has 0 fully saturated rings. The first-order chi connectivity index (χ1) is 15.6. The SMILES string of the molecule is CN(C(=O)c1cc(C(F)(F)F)nn1-c1ncccc1Cl)c1nsc2cccc(OC(F)F)c12. The third-order valence-electron chi connectivity index (χ3n) is 4.44. The minimum absolute atomic E-state index is 0.0437. The van der Waals surface area contributed by atoms with E-state index in [-0.39, 0.29) is 27.8 Å². The van der Waals surface area contributed by atoms with Gasteiger partial charge in [-0.25, -0.2) is 9.67 Å². The number of hydrogen-bond donors (Lipinski definition) is 0. The zero-order chi connectivity index (χ0) is 23.9. The lowest BCUT2D eigenvalue weighted by molar-refractivity contribution is -0.141. The van der Waals surface area contributed by atoms with Gasteiger partial charge in [0.05, 0.1) is 15.1 Å². The minimum atomic E-state index is -4.86. The molecule has 3 aromatic heterocycles. The average Bonchev–Trinajstić information content (AvgIpc) is 3.38. The van der Waals surface area contributed by atoms with Crippen molar-refractivity contribution in [2.45, 2.75) is 12.8 Å². The predicted molar refractivity (Wildman–Crippen MR) is 110 cm³/mol. The van der Waals surface area contributed by atoms with Crippen molar-refractivity contribution in [1.82, 2.24) is 19.1 Å². The predicted octanol–water partition coefficient (Wildman–Crippen LogP) is 5.43. The van der Waals surface area contributed by atoms with Gasteiger partial charge in [-0.1, -0.05) is 17.7 Å². The number of benzene rings is 1. The van der Waals surface area contributed by atoms with Crippen LogP contribution < -0.4 is 9.64 Å². The van der Waals surface area contributed by atoms with Gasteiger partial charge in [0.15, 0.2) is 17.3 Å². The number of ether oxygens (including phenoxy) is 1. The highest BCUT2D eigenvalue weighted by Crippen LogP contribution is 2.38. The van der Waals surface area contributed by atoms with Gasteiger partial charge in [-0.05, 0) is 35.8 Å². The number of halogens is 6. The van der Waals surface area contributed by atoms with E-state index in [1.54, 1.807) is 6.07 Å². The Hall–Kier alpha value is -3.32. The maximum Gasteiger partial charge on any atom is 0.435 e. The molecule has 0 atom stereocenters. The summed E-state index contributed by atoms with van der Waals surface area (Å²) in [7, 11) is 1.24. The first-order valence-corrected chi connectivity index (χ1v) is 10.1. The van der Waals surface area contributed by atoms with E-state index in [1.165, 1.54) is 37.5 Å². The molecule has 172 valence electrons. The van der Waals surface area contributed by atoms with Crippen molar-refractivity contribution in [3.8, 4) is 11.6 Å². The van der Waals surface area contributed by atoms with E-state index in [1.807, 2.05) is 0 Å². The van der Waals surface area contributed by atoms with Crippen molar-refractivity contribution in [3.63, 3.8) is 0 Å². The van der Waals surface area contributed by atoms with Crippen LogP contribution in [0.5, 0.6) is 5.75 Å². The quantitative estimate of drug-likeness (QED) is 0.340. The van der Waals surface area contributed by atoms with Crippen LogP contribution in [-0.4, -0.2) is 38.7 Å². The largest absolute Gasteiger partial charge is 0.435 e. The third kappa shape index (κ3) is 4.33. The molecule has 0 aliphatic rings. The highest BCUT2D eigenvalue weighted by Gasteiger charge is 2.37. The second-order valence-electron chi connectivity index (χ2n) is 6.51. The molecular weight excluding hydrogens is 493 g/mol. The number of aromatic nitrogens is 4. The van der Waals surface area contributed by atoms with Crippen molar-refractivity contribution in [2.75, 3.05) is 11.9 Å². The monoisotopic (exact) mass is 503 g/mol. The Morgan fingerprint density at radius 3 is 2.67 bits per heavy atom. The molecule has 0 radical (unpaired) electrons. The highest BCUT2D eigenvalue weighted by molar-refractivity contribution is 7.13. The minimum Gasteiger partial charge on any atom is -0.434 e. The number of nitrogens with zero attached hydrogens (tertiary/aromatic N) is 5. The summed E-state index contributed by atoms with van der Waals surface area (Å²) in [5, 5.41) is 3.54. The van der Waals surface area contributed by atoms with Gasteiger partial charge in [0.25, 0.3) is 5.91 Å². The number of carbonyl (C=O) groups excluding carboxylic acids is 1. The van der Waals surface area contributed by atoms with Crippen LogP contribution in [0.15, 0.2) is 42.6 Å². The molecule has 4 aromatic rings. The van der Waals surface area contributed by atoms with Crippen molar-refractivity contribution in [1.29, 1.82) is 0 Å². The van der Waals surface area contributed by atoms with E-state index >= 15 is 0 Å². The van der Waals surface area contributed by atoms with Crippen molar-refractivity contribution in [2.24, 2.45) is 0 Å². The number of pyridine rings is 1. The lowest BCUT2D eigenvalue weighted by Gasteiger charge is -2.17. The molecule has 7 nitrogen and oxygen atoms in total. The molecular formula is C19H11ClF5N5O2S. The van der Waals surface area contributed by atoms with Crippen molar-refractivity contribution >= 4 is 44.9 Å². The second kappa shape index (κ2) is 8.56. The summed E-state index contributed by atoms with van der Waals surface area (Å²) < 4.78 is 75.5. The number of rotatable bonds is 5. The topological polar surface area (TPSA) is 73.1 Å². The Morgan fingerprint density at radius 2 is 2.00 bits per heavy atom. The number of fused-ring (bicyclic) bond motifs is 1. The van der Waals surface area contributed by atoms with Crippen LogP contribution in [0.25, 0.3) is 15.9 Å². The van der Waals surface area contributed by atoms with Gasteiger partial charge in [-0.15, -0.1) is 0 Å². The molecule has 33 heavy (non-hydrogen) atoms. The Morgan fingerprint density at radius 1 is 1.24 bits per heavy atom. The summed E-state index contributed by atoms with van der Waals surface area (Å²) in [4.78, 5) is 18.1. The molecule has 4 rings (SSSR count). The van der Waals surface area contributed by atoms with Gasteiger partial charge in [0, 0.05) is 19.3 Å². The van der Waals surface area contributed by atoms with Gasteiger partial charge in [0.1, 0.15) is 11.4 Å². The molecule has 1 aromatic carbocycles. The summed E-state index contributed by atoms with van der Waals surface area (Å²) in [5.41, 5.74) is -1.86. The summed E-state index contributed by atoms with van der Waals surface area (Å²) >= 11 is 6.96. The van der Waals surface area contributed by atoms with Crippen LogP contribution in [0.4, 0.5) is 27.8 Å². The van der Waals surface area contributed by atoms with Gasteiger partial charge in [0.2, 0.25) is 0 Å². The Balaban J connectivity index is 1.84. The molecule has 0 saturated carbocycles. The van der Waals surface area contributed by atoms with Gasteiger partial charge < -0.3 is 4.74 Å². The number of carbonyl (C=O) groups is 1. The van der Waals surface area contributed by atoms with E-state index in [4.69, 9.17) is 11.6 Å². The highest BCUT2D eigenvalue weighted by atomic mass is 35.5. The lowest BCUT2D eigenvalue weighted by atomic mass is 10.2. The van der Waals surface area contributed by atoms with Crippen LogP contribution in [0, 0.1) is 0 Å². The number of hydrogen-bond acceptors (Lipinski definition) is 6. The van der Waals surface area contributed by atoms with E-state index in [9.17, 15) is 26.7 Å². The van der Waals surface area contributed by atoms with Gasteiger partial charge in [-0.2, -0.15) is 31.4 Å². The Labute approximate surface area is 191 Å². The zero-order valence-corrected chi connectivity index (χ0v) is 17.9. The molecule has 0 N–H and O–H groups in total. The summed E-state index contributed by atoms with van der Waals surface area (Å²) in [6, 6.07) is 7.70. The average molecular weight is 504 g/mol. The van der Waals surface area contributed by atoms with E-state index in [0.717, 1.165) is 16.4 Å². The van der Waals surface area contributed by atoms with Gasteiger partial charge in [-0.3, -0.25) is 9.69 Å². The first kappa shape index (κ1) is 22.9. The van der Waals surface area contributed by atoms with Crippen LogP contribution in [-0.2, 0) is 6.18 Å². The maximum atomic E-state index is 13.4. The fourth-order valence-electron chi connectivity index (χ4n) is 3.00. The molecule has 0 saturated heterocycles. The zero-order valence-electron chi connectivity index (χ0n) is 16.3. The van der Waals surface area contributed by atoms with Crippen molar-refractivity contribution < 1.29 is 31.5 Å². The summed E-state index contributed by atoms with van der Waals surface area (Å²) in [6.07, 6.45) is -3.58. The second-order valence-corrected chi connectivity index (χ2v) is 7.72. The number of amides is 1. The number of alkyl halides is 5. The van der Waals surface area contributed by atoms with Crippen LogP contribution >= 0.6 is 23.1 Å². The van der Waals surface area contributed by atoms with Gasteiger partial charge >= 0.3 is 12.8 Å². The third-order valence-corrected chi connectivity index (χ3v) is 5.54. The normalized spacial score (nSPS) is 11.9. The fraction of sp³-hybridized carbons (Fsp3) is 0.158. The lowest BCUT2D eigenvalue weighted by Crippen LogP contribution is -2.29. The van der Waals surface area contributed by atoms with Crippen LogP contribution in [0.1, 0.15) is 16.2 Å². The van der Waals surface area contributed by atoms with Crippen molar-refractivity contribution in [3.05, 3.63) is 59.0 Å². The van der Waals surface area contributed by atoms with Crippen LogP contribution in [0.2, 0.25) is 5.02 Å². The molecule has 0 aliphatic heterocycles. The molecule has 1 amide bonds. The Bertz CT molecular complexity index is 1340. The molecule has 0 spiro atoms. The molecule has 0 aliphatic carbocycles. The number of anilines is 1.